The van der Waals surface area contributed by atoms with Crippen molar-refractivity contribution >= 4 is 33.2 Å². The van der Waals surface area contributed by atoms with E-state index >= 15 is 0 Å². The van der Waals surface area contributed by atoms with E-state index in [-0.39, 0.29) is 18.0 Å². The first-order valence-electron chi connectivity index (χ1n) is 9.43. The summed E-state index contributed by atoms with van der Waals surface area (Å²) in [6.45, 7) is 3.66. The fourth-order valence-electron chi connectivity index (χ4n) is 2.97. The van der Waals surface area contributed by atoms with Crippen LogP contribution in [0.25, 0.3) is 0 Å². The van der Waals surface area contributed by atoms with Crippen molar-refractivity contribution in [2.45, 2.75) is 25.3 Å². The Balaban J connectivity index is 1.86. The Hall–Kier alpha value is -2.83. The van der Waals surface area contributed by atoms with Crippen LogP contribution in [0.5, 0.6) is 0 Å². The van der Waals surface area contributed by atoms with Crippen molar-refractivity contribution in [2.75, 3.05) is 10.8 Å². The Kier molecular flexibility index (Phi) is 6.80. The third kappa shape index (κ3) is 5.20. The van der Waals surface area contributed by atoms with Crippen molar-refractivity contribution in [1.29, 1.82) is 0 Å². The second-order valence-electron chi connectivity index (χ2n) is 7.01. The summed E-state index contributed by atoms with van der Waals surface area (Å²) in [6, 6.07) is 20.8. The quantitative estimate of drug-likeness (QED) is 0.587. The zero-order valence-electron chi connectivity index (χ0n) is 16.8. The standard InChI is InChI=1S/C23H23ClN2O3S/c1-17-7-13-21(14-8-17)30(28,29)26(22-6-4-3-5-18(22)2)16-23(27)25-15-19-9-11-20(24)12-10-19/h3-14H,15-16H2,1-2H3,(H,25,27). The molecule has 5 nitrogen and oxygen atoms in total. The molecule has 0 unspecified atom stereocenters. The van der Waals surface area contributed by atoms with Crippen molar-refractivity contribution in [3.05, 3.63) is 94.5 Å². The van der Waals surface area contributed by atoms with Crippen LogP contribution in [-0.4, -0.2) is 20.9 Å². The van der Waals surface area contributed by atoms with E-state index in [0.29, 0.717) is 10.7 Å². The number of carbonyl (C=O) groups is 1. The second kappa shape index (κ2) is 9.32. The fraction of sp³-hybridized carbons (Fsp3) is 0.174. The zero-order valence-corrected chi connectivity index (χ0v) is 18.4. The number of hydrogen-bond acceptors (Lipinski definition) is 3. The van der Waals surface area contributed by atoms with Crippen LogP contribution in [0, 0.1) is 13.8 Å². The lowest BCUT2D eigenvalue weighted by Crippen LogP contribution is -2.41. The van der Waals surface area contributed by atoms with Crippen molar-refractivity contribution in [3.63, 3.8) is 0 Å². The van der Waals surface area contributed by atoms with Crippen LogP contribution in [0.1, 0.15) is 16.7 Å². The van der Waals surface area contributed by atoms with E-state index in [1.165, 1.54) is 0 Å². The number of sulfonamides is 1. The molecule has 0 bridgehead atoms. The minimum atomic E-state index is -3.92. The van der Waals surface area contributed by atoms with Crippen LogP contribution in [0.2, 0.25) is 5.02 Å². The average molecular weight is 443 g/mol. The molecule has 0 aliphatic carbocycles. The van der Waals surface area contributed by atoms with Crippen LogP contribution < -0.4 is 9.62 Å². The Bertz CT molecular complexity index is 1130. The Labute approximate surface area is 182 Å². The smallest absolute Gasteiger partial charge is 0.264 e. The van der Waals surface area contributed by atoms with Gasteiger partial charge in [0.1, 0.15) is 6.54 Å². The first kappa shape index (κ1) is 21.9. The van der Waals surface area contributed by atoms with E-state index in [4.69, 9.17) is 11.6 Å². The topological polar surface area (TPSA) is 66.5 Å². The fourth-order valence-corrected chi connectivity index (χ4v) is 4.58. The van der Waals surface area contributed by atoms with Gasteiger partial charge in [0, 0.05) is 11.6 Å². The number of halogens is 1. The van der Waals surface area contributed by atoms with Gasteiger partial charge in [0.15, 0.2) is 0 Å². The second-order valence-corrected chi connectivity index (χ2v) is 9.31. The highest BCUT2D eigenvalue weighted by molar-refractivity contribution is 7.92. The Morgan fingerprint density at radius 3 is 2.20 bits per heavy atom. The molecule has 0 radical (unpaired) electrons. The lowest BCUT2D eigenvalue weighted by molar-refractivity contribution is -0.119. The van der Waals surface area contributed by atoms with E-state index in [1.807, 2.05) is 38.1 Å². The molecule has 3 aromatic carbocycles. The first-order valence-corrected chi connectivity index (χ1v) is 11.3. The zero-order chi connectivity index (χ0) is 21.7. The molecule has 0 aliphatic heterocycles. The molecule has 0 atom stereocenters. The largest absolute Gasteiger partial charge is 0.350 e. The van der Waals surface area contributed by atoms with Gasteiger partial charge in [0.05, 0.1) is 10.6 Å². The highest BCUT2D eigenvalue weighted by atomic mass is 35.5. The van der Waals surface area contributed by atoms with Gasteiger partial charge >= 0.3 is 0 Å². The predicted molar refractivity (Wildman–Crippen MR) is 120 cm³/mol. The summed E-state index contributed by atoms with van der Waals surface area (Å²) in [5, 5.41) is 3.39. The van der Waals surface area contributed by atoms with Gasteiger partial charge in [-0.05, 0) is 55.3 Å². The number of para-hydroxylation sites is 1. The van der Waals surface area contributed by atoms with Gasteiger partial charge in [0.25, 0.3) is 10.0 Å². The van der Waals surface area contributed by atoms with Crippen LogP contribution in [0.15, 0.2) is 77.7 Å². The van der Waals surface area contributed by atoms with Crippen molar-refractivity contribution in [2.24, 2.45) is 0 Å². The molecule has 0 saturated carbocycles. The molecule has 0 fully saturated rings. The number of benzene rings is 3. The average Bonchev–Trinajstić information content (AvgIpc) is 2.72. The maximum absolute atomic E-state index is 13.4. The minimum Gasteiger partial charge on any atom is -0.350 e. The van der Waals surface area contributed by atoms with Gasteiger partial charge in [-0.1, -0.05) is 59.6 Å². The Morgan fingerprint density at radius 1 is 0.933 bits per heavy atom. The molecule has 1 amide bonds. The molecule has 156 valence electrons. The van der Waals surface area contributed by atoms with Gasteiger partial charge in [0.2, 0.25) is 5.91 Å². The summed E-state index contributed by atoms with van der Waals surface area (Å²) in [6.07, 6.45) is 0. The lowest BCUT2D eigenvalue weighted by Gasteiger charge is -2.25. The van der Waals surface area contributed by atoms with Crippen LogP contribution >= 0.6 is 11.6 Å². The third-order valence-corrected chi connectivity index (χ3v) is 6.71. The van der Waals surface area contributed by atoms with E-state index in [1.54, 1.807) is 48.5 Å². The van der Waals surface area contributed by atoms with Gasteiger partial charge in [-0.2, -0.15) is 0 Å². The van der Waals surface area contributed by atoms with E-state index in [2.05, 4.69) is 5.32 Å². The summed E-state index contributed by atoms with van der Waals surface area (Å²) in [7, 11) is -3.92. The van der Waals surface area contributed by atoms with Gasteiger partial charge < -0.3 is 5.32 Å². The monoisotopic (exact) mass is 442 g/mol. The van der Waals surface area contributed by atoms with E-state index in [9.17, 15) is 13.2 Å². The molecule has 3 rings (SSSR count). The maximum atomic E-state index is 13.4. The summed E-state index contributed by atoms with van der Waals surface area (Å²) in [5.41, 5.74) is 3.06. The molecular weight excluding hydrogens is 420 g/mol. The number of nitrogens with one attached hydrogen (secondary N) is 1. The van der Waals surface area contributed by atoms with Crippen LogP contribution in [0.4, 0.5) is 5.69 Å². The number of rotatable bonds is 7. The maximum Gasteiger partial charge on any atom is 0.264 e. The van der Waals surface area contributed by atoms with E-state index in [0.717, 1.165) is 21.0 Å². The number of hydrogen-bond donors (Lipinski definition) is 1. The van der Waals surface area contributed by atoms with Gasteiger partial charge in [-0.25, -0.2) is 8.42 Å². The van der Waals surface area contributed by atoms with Crippen molar-refractivity contribution in [1.82, 2.24) is 5.32 Å². The van der Waals surface area contributed by atoms with Gasteiger partial charge in [-0.3, -0.25) is 9.10 Å². The summed E-state index contributed by atoms with van der Waals surface area (Å²) in [4.78, 5) is 12.8. The van der Waals surface area contributed by atoms with Crippen molar-refractivity contribution in [3.8, 4) is 0 Å². The normalized spacial score (nSPS) is 11.2. The van der Waals surface area contributed by atoms with Crippen molar-refractivity contribution < 1.29 is 13.2 Å². The third-order valence-electron chi connectivity index (χ3n) is 4.68. The summed E-state index contributed by atoms with van der Waals surface area (Å²) < 4.78 is 27.9. The summed E-state index contributed by atoms with van der Waals surface area (Å²) >= 11 is 5.88. The molecule has 0 spiro atoms. The Morgan fingerprint density at radius 2 is 1.57 bits per heavy atom. The number of nitrogens with zero attached hydrogens (tertiary/aromatic N) is 1. The molecular formula is C23H23ClN2O3S. The van der Waals surface area contributed by atoms with Crippen LogP contribution in [0.3, 0.4) is 0 Å². The first-order chi connectivity index (χ1) is 14.3. The molecule has 0 saturated heterocycles. The molecule has 0 aliphatic rings. The minimum absolute atomic E-state index is 0.141. The number of aryl methyl sites for hydroxylation is 2. The molecule has 3 aromatic rings. The molecule has 1 N–H and O–H groups in total. The van der Waals surface area contributed by atoms with Crippen LogP contribution in [-0.2, 0) is 21.4 Å². The van der Waals surface area contributed by atoms with E-state index < -0.39 is 15.9 Å². The summed E-state index contributed by atoms with van der Waals surface area (Å²) in [5.74, 6) is -0.399. The number of anilines is 1. The predicted octanol–water partition coefficient (Wildman–Crippen LogP) is 4.47. The number of amides is 1. The molecule has 30 heavy (non-hydrogen) atoms. The lowest BCUT2D eigenvalue weighted by atomic mass is 10.2. The SMILES string of the molecule is Cc1ccc(S(=O)(=O)N(CC(=O)NCc2ccc(Cl)cc2)c2ccccc2C)cc1. The highest BCUT2D eigenvalue weighted by Crippen LogP contribution is 2.26. The molecule has 7 heteroatoms. The highest BCUT2D eigenvalue weighted by Gasteiger charge is 2.28. The molecule has 0 aromatic heterocycles. The van der Waals surface area contributed by atoms with Gasteiger partial charge in [-0.15, -0.1) is 0 Å². The molecule has 0 heterocycles. The number of carbonyl (C=O) groups excluding carboxylic acids is 1.